The topological polar surface area (TPSA) is 38.9 Å². The molecule has 0 spiro atoms. The quantitative estimate of drug-likeness (QED) is 0.701. The van der Waals surface area contributed by atoms with Crippen molar-refractivity contribution in [3.63, 3.8) is 0 Å². The van der Waals surface area contributed by atoms with Crippen LogP contribution in [0.25, 0.3) is 22.6 Å². The molecule has 0 unspecified atom stereocenters. The molecule has 0 bridgehead atoms. The van der Waals surface area contributed by atoms with Crippen LogP contribution in [0.4, 0.5) is 13.2 Å². The van der Waals surface area contributed by atoms with E-state index in [4.69, 9.17) is 4.42 Å². The lowest BCUT2D eigenvalue weighted by Gasteiger charge is -2.09. The zero-order valence-electron chi connectivity index (χ0n) is 10.6. The molecule has 21 heavy (non-hydrogen) atoms. The minimum Gasteiger partial charge on any atom is -0.423 e. The smallest absolute Gasteiger partial charge is 0.416 e. The summed E-state index contributed by atoms with van der Waals surface area (Å²) in [5, 5.41) is 7.45. The molecule has 106 valence electrons. The Labute approximate surface area is 118 Å². The molecule has 0 saturated carbocycles. The van der Waals surface area contributed by atoms with Gasteiger partial charge in [-0.1, -0.05) is 30.3 Å². The highest BCUT2D eigenvalue weighted by Crippen LogP contribution is 2.34. The summed E-state index contributed by atoms with van der Waals surface area (Å²) in [4.78, 5) is 0. The van der Waals surface area contributed by atoms with Crippen LogP contribution in [0.5, 0.6) is 0 Å². The Morgan fingerprint density at radius 1 is 0.857 bits per heavy atom. The molecule has 0 aliphatic heterocycles. The van der Waals surface area contributed by atoms with Gasteiger partial charge in [-0.3, -0.25) is 0 Å². The van der Waals surface area contributed by atoms with Gasteiger partial charge in [0.15, 0.2) is 0 Å². The molecule has 0 amide bonds. The second kappa shape index (κ2) is 5.05. The summed E-state index contributed by atoms with van der Waals surface area (Å²) in [5.74, 6) is 0.325. The normalized spacial score (nSPS) is 11.6. The number of nitrogens with zero attached hydrogens (tertiary/aromatic N) is 2. The van der Waals surface area contributed by atoms with Crippen LogP contribution in [-0.4, -0.2) is 10.2 Å². The maximum Gasteiger partial charge on any atom is 0.416 e. The second-order valence-corrected chi connectivity index (χ2v) is 4.36. The van der Waals surface area contributed by atoms with E-state index in [0.717, 1.165) is 17.7 Å². The van der Waals surface area contributed by atoms with E-state index in [1.54, 1.807) is 24.3 Å². The minimum atomic E-state index is -4.34. The van der Waals surface area contributed by atoms with Crippen LogP contribution >= 0.6 is 0 Å². The van der Waals surface area contributed by atoms with Crippen molar-refractivity contribution in [3.8, 4) is 22.6 Å². The highest BCUT2D eigenvalue weighted by atomic mass is 19.4. The number of hydrogen-bond donors (Lipinski definition) is 0. The highest BCUT2D eigenvalue weighted by Gasteiger charge is 2.30. The highest BCUT2D eigenvalue weighted by molar-refractivity contribution is 5.79. The van der Waals surface area contributed by atoms with Crippen molar-refractivity contribution < 1.29 is 17.6 Å². The fraction of sp³-hybridized carbons (Fsp3) is 0.0667. The van der Waals surface area contributed by atoms with Crippen molar-refractivity contribution in [2.45, 2.75) is 6.18 Å². The van der Waals surface area contributed by atoms with Crippen LogP contribution < -0.4 is 0 Å². The van der Waals surface area contributed by atoms with Crippen LogP contribution in [0.2, 0.25) is 0 Å². The first-order valence-corrected chi connectivity index (χ1v) is 6.09. The molecule has 0 atom stereocenters. The van der Waals surface area contributed by atoms with Gasteiger partial charge in [-0.05, 0) is 29.3 Å². The Kier molecular flexibility index (Phi) is 3.21. The molecule has 0 saturated heterocycles. The standard InChI is InChI=1S/C15H9F3N2O/c16-15(17,18)11-7-5-10(6-8-11)12-3-1-2-4-13(12)14-20-19-9-21-14/h1-9H. The third-order valence-electron chi connectivity index (χ3n) is 3.04. The first-order valence-electron chi connectivity index (χ1n) is 6.09. The predicted octanol–water partition coefficient (Wildman–Crippen LogP) is 4.42. The zero-order valence-corrected chi connectivity index (χ0v) is 10.6. The molecule has 0 radical (unpaired) electrons. The van der Waals surface area contributed by atoms with Gasteiger partial charge >= 0.3 is 6.18 Å². The zero-order chi connectivity index (χ0) is 14.9. The summed E-state index contributed by atoms with van der Waals surface area (Å²) in [6.45, 7) is 0. The maximum absolute atomic E-state index is 12.6. The van der Waals surface area contributed by atoms with E-state index < -0.39 is 11.7 Å². The Bertz CT molecular complexity index is 734. The van der Waals surface area contributed by atoms with E-state index in [0.29, 0.717) is 17.0 Å². The predicted molar refractivity (Wildman–Crippen MR) is 70.2 cm³/mol. The number of aromatic nitrogens is 2. The van der Waals surface area contributed by atoms with Crippen molar-refractivity contribution in [2.75, 3.05) is 0 Å². The first kappa shape index (κ1) is 13.4. The Morgan fingerprint density at radius 2 is 1.52 bits per heavy atom. The van der Waals surface area contributed by atoms with Gasteiger partial charge in [-0.2, -0.15) is 13.2 Å². The molecule has 1 heterocycles. The summed E-state index contributed by atoms with van der Waals surface area (Å²) in [7, 11) is 0. The molecule has 1 aromatic heterocycles. The van der Waals surface area contributed by atoms with Gasteiger partial charge < -0.3 is 4.42 Å². The van der Waals surface area contributed by atoms with Crippen LogP contribution in [0.3, 0.4) is 0 Å². The van der Waals surface area contributed by atoms with Gasteiger partial charge in [0.05, 0.1) is 5.56 Å². The van der Waals surface area contributed by atoms with Gasteiger partial charge in [0.1, 0.15) is 0 Å². The largest absolute Gasteiger partial charge is 0.423 e. The summed E-state index contributed by atoms with van der Waals surface area (Å²) >= 11 is 0. The molecule has 0 aliphatic carbocycles. The van der Waals surface area contributed by atoms with Crippen molar-refractivity contribution in [2.24, 2.45) is 0 Å². The third kappa shape index (κ3) is 2.65. The maximum atomic E-state index is 12.6. The fourth-order valence-electron chi connectivity index (χ4n) is 2.05. The van der Waals surface area contributed by atoms with Crippen LogP contribution in [0.15, 0.2) is 59.3 Å². The summed E-state index contributed by atoms with van der Waals surface area (Å²) in [6, 6.07) is 12.1. The summed E-state index contributed by atoms with van der Waals surface area (Å²) < 4.78 is 42.9. The van der Waals surface area contributed by atoms with Crippen molar-refractivity contribution in [3.05, 3.63) is 60.5 Å². The Hall–Kier alpha value is -2.63. The summed E-state index contributed by atoms with van der Waals surface area (Å²) in [6.07, 6.45) is -3.14. The molecule has 0 N–H and O–H groups in total. The van der Waals surface area contributed by atoms with Crippen molar-refractivity contribution >= 4 is 0 Å². The van der Waals surface area contributed by atoms with E-state index in [1.165, 1.54) is 18.5 Å². The fourth-order valence-corrected chi connectivity index (χ4v) is 2.05. The lowest BCUT2D eigenvalue weighted by molar-refractivity contribution is -0.137. The lowest BCUT2D eigenvalue weighted by atomic mass is 9.98. The van der Waals surface area contributed by atoms with E-state index in [9.17, 15) is 13.2 Å². The summed E-state index contributed by atoms with van der Waals surface area (Å²) in [5.41, 5.74) is 1.38. The SMILES string of the molecule is FC(F)(F)c1ccc(-c2ccccc2-c2nnco2)cc1. The second-order valence-electron chi connectivity index (χ2n) is 4.36. The average molecular weight is 290 g/mol. The number of halogens is 3. The molecule has 0 aliphatic rings. The van der Waals surface area contributed by atoms with E-state index in [1.807, 2.05) is 0 Å². The van der Waals surface area contributed by atoms with Gasteiger partial charge in [0.2, 0.25) is 12.3 Å². The van der Waals surface area contributed by atoms with Crippen molar-refractivity contribution in [1.29, 1.82) is 0 Å². The Balaban J connectivity index is 2.06. The van der Waals surface area contributed by atoms with E-state index in [-0.39, 0.29) is 0 Å². The molecule has 6 heteroatoms. The van der Waals surface area contributed by atoms with Crippen LogP contribution in [0.1, 0.15) is 5.56 Å². The molecular formula is C15H9F3N2O. The molecule has 2 aromatic carbocycles. The monoisotopic (exact) mass is 290 g/mol. The van der Waals surface area contributed by atoms with Gasteiger partial charge in [-0.15, -0.1) is 10.2 Å². The van der Waals surface area contributed by atoms with Crippen molar-refractivity contribution in [1.82, 2.24) is 10.2 Å². The first-order chi connectivity index (χ1) is 10.1. The van der Waals surface area contributed by atoms with Gasteiger partial charge in [0.25, 0.3) is 0 Å². The van der Waals surface area contributed by atoms with E-state index >= 15 is 0 Å². The van der Waals surface area contributed by atoms with Crippen LogP contribution in [0, 0.1) is 0 Å². The lowest BCUT2D eigenvalue weighted by Crippen LogP contribution is -2.04. The number of hydrogen-bond acceptors (Lipinski definition) is 3. The molecule has 3 nitrogen and oxygen atoms in total. The number of rotatable bonds is 2. The molecule has 3 rings (SSSR count). The molecular weight excluding hydrogens is 281 g/mol. The van der Waals surface area contributed by atoms with Crippen LogP contribution in [-0.2, 0) is 6.18 Å². The number of benzene rings is 2. The average Bonchev–Trinajstić information content (AvgIpc) is 3.01. The Morgan fingerprint density at radius 3 is 2.10 bits per heavy atom. The van der Waals surface area contributed by atoms with E-state index in [2.05, 4.69) is 10.2 Å². The third-order valence-corrected chi connectivity index (χ3v) is 3.04. The minimum absolute atomic E-state index is 0.325. The number of alkyl halides is 3. The van der Waals surface area contributed by atoms with Gasteiger partial charge in [-0.25, -0.2) is 0 Å². The van der Waals surface area contributed by atoms with Gasteiger partial charge in [0, 0.05) is 5.56 Å². The molecule has 0 fully saturated rings. The molecule has 3 aromatic rings.